The summed E-state index contributed by atoms with van der Waals surface area (Å²) in [7, 11) is 0. The van der Waals surface area contributed by atoms with E-state index in [1.165, 1.54) is 18.2 Å². The van der Waals surface area contributed by atoms with Crippen molar-refractivity contribution in [3.8, 4) is 0 Å². The van der Waals surface area contributed by atoms with E-state index < -0.39 is 11.6 Å². The summed E-state index contributed by atoms with van der Waals surface area (Å²) in [5.41, 5.74) is 6.37. The molecular weight excluding hydrogens is 333 g/mol. The molecule has 0 fully saturated rings. The Labute approximate surface area is 134 Å². The van der Waals surface area contributed by atoms with Crippen LogP contribution in [0.5, 0.6) is 0 Å². The second kappa shape index (κ2) is 10.1. The normalized spacial score (nSPS) is 8.86. The Balaban J connectivity index is 0.000000921. The third-order valence-electron chi connectivity index (χ3n) is 2.38. The molecule has 114 valence electrons. The largest absolute Gasteiger partial charge is 0.398 e. The fraction of sp³-hybridized carbons (Fsp3) is 0.235. The van der Waals surface area contributed by atoms with Gasteiger partial charge >= 0.3 is 0 Å². The molecule has 0 aliphatic rings. The van der Waals surface area contributed by atoms with Crippen LogP contribution in [0, 0.1) is 5.82 Å². The molecule has 2 N–H and O–H groups in total. The van der Waals surface area contributed by atoms with Crippen LogP contribution in [-0.4, -0.2) is 5.78 Å². The standard InChI is InChI=1S/C13H9BrFNO.2C2H6/c14-8-5-6-12(16)10(7-8)13(17)9-3-1-2-4-11(9)15;2*1-2/h1-7H,16H2;2*1-2H3. The van der Waals surface area contributed by atoms with Gasteiger partial charge in [-0.3, -0.25) is 4.79 Å². The monoisotopic (exact) mass is 353 g/mol. The van der Waals surface area contributed by atoms with Crippen molar-refractivity contribution in [3.63, 3.8) is 0 Å². The van der Waals surface area contributed by atoms with Crippen LogP contribution in [0.3, 0.4) is 0 Å². The van der Waals surface area contributed by atoms with Gasteiger partial charge in [0.1, 0.15) is 5.82 Å². The Morgan fingerprint density at radius 2 is 1.57 bits per heavy atom. The number of carbonyl (C=O) groups excluding carboxylic acids is 1. The highest BCUT2D eigenvalue weighted by molar-refractivity contribution is 9.10. The maximum Gasteiger partial charge on any atom is 0.198 e. The van der Waals surface area contributed by atoms with Gasteiger partial charge in [0.05, 0.1) is 5.56 Å². The predicted octanol–water partition coefficient (Wildman–Crippen LogP) is 5.45. The van der Waals surface area contributed by atoms with Gasteiger partial charge in [0.2, 0.25) is 0 Å². The molecule has 0 amide bonds. The molecule has 0 aliphatic heterocycles. The van der Waals surface area contributed by atoms with Gasteiger partial charge in [-0.25, -0.2) is 4.39 Å². The lowest BCUT2D eigenvalue weighted by Gasteiger charge is -2.06. The van der Waals surface area contributed by atoms with Gasteiger partial charge in [-0.2, -0.15) is 0 Å². The fourth-order valence-electron chi connectivity index (χ4n) is 1.52. The smallest absolute Gasteiger partial charge is 0.198 e. The lowest BCUT2D eigenvalue weighted by Crippen LogP contribution is -2.07. The number of benzene rings is 2. The van der Waals surface area contributed by atoms with Crippen LogP contribution in [0.15, 0.2) is 46.9 Å². The molecule has 0 aliphatic carbocycles. The van der Waals surface area contributed by atoms with Crippen LogP contribution < -0.4 is 5.73 Å². The number of ketones is 1. The lowest BCUT2D eigenvalue weighted by atomic mass is 10.0. The molecule has 0 heterocycles. The SMILES string of the molecule is CC.CC.Nc1ccc(Br)cc1C(=O)c1ccccc1F. The highest BCUT2D eigenvalue weighted by Gasteiger charge is 2.16. The molecular formula is C17H21BrFNO. The molecule has 2 aromatic carbocycles. The maximum absolute atomic E-state index is 13.5. The summed E-state index contributed by atoms with van der Waals surface area (Å²) >= 11 is 3.25. The number of anilines is 1. The van der Waals surface area contributed by atoms with Crippen molar-refractivity contribution in [2.24, 2.45) is 0 Å². The first-order chi connectivity index (χ1) is 10.1. The zero-order valence-corrected chi connectivity index (χ0v) is 14.4. The van der Waals surface area contributed by atoms with E-state index in [1.54, 1.807) is 24.3 Å². The van der Waals surface area contributed by atoms with E-state index in [1.807, 2.05) is 27.7 Å². The van der Waals surface area contributed by atoms with Crippen molar-refractivity contribution in [2.45, 2.75) is 27.7 Å². The van der Waals surface area contributed by atoms with Crippen molar-refractivity contribution >= 4 is 27.4 Å². The van der Waals surface area contributed by atoms with Crippen molar-refractivity contribution in [3.05, 3.63) is 63.9 Å². The van der Waals surface area contributed by atoms with Gasteiger partial charge in [-0.05, 0) is 30.3 Å². The van der Waals surface area contributed by atoms with E-state index in [0.29, 0.717) is 11.3 Å². The highest BCUT2D eigenvalue weighted by Crippen LogP contribution is 2.22. The van der Waals surface area contributed by atoms with Gasteiger partial charge in [0, 0.05) is 15.7 Å². The lowest BCUT2D eigenvalue weighted by molar-refractivity contribution is 0.103. The van der Waals surface area contributed by atoms with Gasteiger partial charge in [0.25, 0.3) is 0 Å². The van der Waals surface area contributed by atoms with E-state index >= 15 is 0 Å². The Kier molecular flexibility index (Phi) is 9.30. The van der Waals surface area contributed by atoms with Crippen LogP contribution in [0.2, 0.25) is 0 Å². The summed E-state index contributed by atoms with van der Waals surface area (Å²) in [5, 5.41) is 0. The predicted molar refractivity (Wildman–Crippen MR) is 91.1 cm³/mol. The first kappa shape index (κ1) is 19.3. The number of hydrogen-bond donors (Lipinski definition) is 1. The van der Waals surface area contributed by atoms with E-state index in [9.17, 15) is 9.18 Å². The highest BCUT2D eigenvalue weighted by atomic mass is 79.9. The van der Waals surface area contributed by atoms with E-state index in [0.717, 1.165) is 4.47 Å². The molecule has 0 unspecified atom stereocenters. The topological polar surface area (TPSA) is 43.1 Å². The van der Waals surface area contributed by atoms with E-state index in [-0.39, 0.29) is 5.56 Å². The summed E-state index contributed by atoms with van der Waals surface area (Å²) in [4.78, 5) is 12.1. The number of rotatable bonds is 2. The molecule has 2 rings (SSSR count). The molecule has 0 atom stereocenters. The van der Waals surface area contributed by atoms with Crippen LogP contribution in [0.25, 0.3) is 0 Å². The minimum absolute atomic E-state index is 0.0253. The Hall–Kier alpha value is -1.68. The Bertz CT molecular complexity index is 585. The molecule has 21 heavy (non-hydrogen) atoms. The van der Waals surface area contributed by atoms with Crippen LogP contribution in [0.4, 0.5) is 10.1 Å². The van der Waals surface area contributed by atoms with Crippen LogP contribution in [0.1, 0.15) is 43.6 Å². The second-order valence-corrected chi connectivity index (χ2v) is 4.46. The molecule has 2 aromatic rings. The van der Waals surface area contributed by atoms with Gasteiger partial charge in [0.15, 0.2) is 5.78 Å². The second-order valence-electron chi connectivity index (χ2n) is 3.54. The molecule has 0 saturated carbocycles. The summed E-state index contributed by atoms with van der Waals surface area (Å²) in [6.45, 7) is 8.00. The number of nitrogens with two attached hydrogens (primary N) is 1. The van der Waals surface area contributed by atoms with Gasteiger partial charge < -0.3 is 5.73 Å². The third kappa shape index (κ3) is 5.31. The zero-order valence-electron chi connectivity index (χ0n) is 12.8. The minimum Gasteiger partial charge on any atom is -0.398 e. The van der Waals surface area contributed by atoms with E-state index in [2.05, 4.69) is 15.9 Å². The minimum atomic E-state index is -0.545. The number of nitrogen functional groups attached to an aromatic ring is 1. The summed E-state index contributed by atoms with van der Waals surface area (Å²) in [5.74, 6) is -0.959. The average molecular weight is 354 g/mol. The molecule has 0 radical (unpaired) electrons. The van der Waals surface area contributed by atoms with Gasteiger partial charge in [-0.1, -0.05) is 55.8 Å². The van der Waals surface area contributed by atoms with Crippen LogP contribution >= 0.6 is 15.9 Å². The number of halogens is 2. The maximum atomic E-state index is 13.5. The molecule has 0 saturated heterocycles. The fourth-order valence-corrected chi connectivity index (χ4v) is 1.88. The molecule has 0 bridgehead atoms. The summed E-state index contributed by atoms with van der Waals surface area (Å²) in [6, 6.07) is 10.8. The van der Waals surface area contributed by atoms with E-state index in [4.69, 9.17) is 5.73 Å². The van der Waals surface area contributed by atoms with Gasteiger partial charge in [-0.15, -0.1) is 0 Å². The number of hydrogen-bond acceptors (Lipinski definition) is 2. The average Bonchev–Trinajstić information content (AvgIpc) is 2.53. The van der Waals surface area contributed by atoms with Crippen molar-refractivity contribution in [1.82, 2.24) is 0 Å². The Morgan fingerprint density at radius 1 is 1.00 bits per heavy atom. The molecule has 4 heteroatoms. The zero-order chi connectivity index (χ0) is 16.4. The summed E-state index contributed by atoms with van der Waals surface area (Å²) < 4.78 is 14.2. The van der Waals surface area contributed by atoms with Crippen molar-refractivity contribution < 1.29 is 9.18 Å². The molecule has 0 aromatic heterocycles. The molecule has 0 spiro atoms. The third-order valence-corrected chi connectivity index (χ3v) is 2.87. The quantitative estimate of drug-likeness (QED) is 0.575. The molecule has 2 nitrogen and oxygen atoms in total. The summed E-state index contributed by atoms with van der Waals surface area (Å²) in [6.07, 6.45) is 0. The van der Waals surface area contributed by atoms with Crippen molar-refractivity contribution in [2.75, 3.05) is 5.73 Å². The van der Waals surface area contributed by atoms with Crippen LogP contribution in [-0.2, 0) is 0 Å². The Morgan fingerprint density at radius 3 is 2.14 bits per heavy atom. The first-order valence-electron chi connectivity index (χ1n) is 6.94. The first-order valence-corrected chi connectivity index (χ1v) is 7.73. The number of carbonyl (C=O) groups is 1. The van der Waals surface area contributed by atoms with Crippen molar-refractivity contribution in [1.29, 1.82) is 0 Å².